The van der Waals surface area contributed by atoms with Crippen molar-refractivity contribution in [2.24, 2.45) is 0 Å². The van der Waals surface area contributed by atoms with Crippen LogP contribution in [0.25, 0.3) is 0 Å². The fourth-order valence-electron chi connectivity index (χ4n) is 3.90. The Morgan fingerprint density at radius 1 is 0.750 bits per heavy atom. The van der Waals surface area contributed by atoms with Crippen molar-refractivity contribution in [2.45, 2.75) is 63.1 Å². The average Bonchev–Trinajstić information content (AvgIpc) is 2.89. The predicted octanol–water partition coefficient (Wildman–Crippen LogP) is 2.31. The van der Waals surface area contributed by atoms with Gasteiger partial charge in [-0.2, -0.15) is 0 Å². The normalized spacial score (nSPS) is 52.8. The predicted molar refractivity (Wildman–Crippen MR) is 49.9 cm³/mol. The van der Waals surface area contributed by atoms with E-state index in [0.29, 0.717) is 0 Å². The first kappa shape index (κ1) is 7.37. The number of nitrogens with zero attached hydrogens (tertiary/aromatic N) is 1. The molecule has 1 nitrogen and oxygen atoms in total. The Hall–Kier alpha value is -0.0400. The Morgan fingerprint density at radius 3 is 1.67 bits per heavy atom. The molecule has 2 aliphatic heterocycles. The molecule has 0 spiro atoms. The molecule has 12 heavy (non-hydrogen) atoms. The Labute approximate surface area is 75.3 Å². The highest BCUT2D eigenvalue weighted by atomic mass is 15.4. The van der Waals surface area contributed by atoms with Gasteiger partial charge in [-0.1, -0.05) is 0 Å². The van der Waals surface area contributed by atoms with Crippen molar-refractivity contribution < 1.29 is 4.48 Å². The first-order chi connectivity index (χ1) is 5.82. The Kier molecular flexibility index (Phi) is 1.39. The van der Waals surface area contributed by atoms with Gasteiger partial charge in [-0.05, 0) is 19.3 Å². The van der Waals surface area contributed by atoms with Crippen LogP contribution in [0.4, 0.5) is 0 Å². The second-order valence-corrected chi connectivity index (χ2v) is 5.27. The lowest BCUT2D eigenvalue weighted by atomic mass is 9.99. The third-order valence-corrected chi connectivity index (χ3v) is 4.82. The van der Waals surface area contributed by atoms with E-state index >= 15 is 0 Å². The van der Waals surface area contributed by atoms with Crippen molar-refractivity contribution in [1.82, 2.24) is 0 Å². The van der Waals surface area contributed by atoms with Gasteiger partial charge < -0.3 is 4.48 Å². The van der Waals surface area contributed by atoms with Gasteiger partial charge in [0, 0.05) is 25.7 Å². The number of hydrogen-bond donors (Lipinski definition) is 0. The summed E-state index contributed by atoms with van der Waals surface area (Å²) in [6, 6.07) is 3.22. The van der Waals surface area contributed by atoms with Crippen LogP contribution in [0.1, 0.15) is 44.9 Å². The highest BCUT2D eigenvalue weighted by Gasteiger charge is 2.56. The zero-order valence-electron chi connectivity index (χ0n) is 8.13. The topological polar surface area (TPSA) is 0 Å². The molecular formula is C11H20N+. The van der Waals surface area contributed by atoms with E-state index in [1.807, 2.05) is 0 Å². The Balaban J connectivity index is 1.91. The van der Waals surface area contributed by atoms with E-state index in [2.05, 4.69) is 7.05 Å². The molecule has 2 heterocycles. The summed E-state index contributed by atoms with van der Waals surface area (Å²) >= 11 is 0. The second-order valence-electron chi connectivity index (χ2n) is 5.27. The van der Waals surface area contributed by atoms with Gasteiger partial charge in [-0.3, -0.25) is 0 Å². The summed E-state index contributed by atoms with van der Waals surface area (Å²) in [6.45, 7) is 0. The molecule has 0 aromatic heterocycles. The summed E-state index contributed by atoms with van der Waals surface area (Å²) in [5, 5.41) is 0. The molecule has 0 radical (unpaired) electrons. The van der Waals surface area contributed by atoms with Gasteiger partial charge in [0.2, 0.25) is 0 Å². The van der Waals surface area contributed by atoms with E-state index in [-0.39, 0.29) is 0 Å². The summed E-state index contributed by atoms with van der Waals surface area (Å²) in [5.41, 5.74) is 0. The zero-order chi connectivity index (χ0) is 8.18. The first-order valence-electron chi connectivity index (χ1n) is 5.67. The van der Waals surface area contributed by atoms with Crippen LogP contribution in [-0.4, -0.2) is 29.7 Å². The number of rotatable bonds is 1. The van der Waals surface area contributed by atoms with Crippen LogP contribution in [0, 0.1) is 0 Å². The molecular weight excluding hydrogens is 146 g/mol. The largest absolute Gasteiger partial charge is 0.319 e. The standard InChI is InChI=1S/C11H20N/c1-12(11-7-8-11)9-3-2-4-10(12)6-5-9/h9-11H,2-8H2,1H3/q+1. The summed E-state index contributed by atoms with van der Waals surface area (Å²) in [6.07, 6.45) is 10.7. The Morgan fingerprint density at radius 2 is 1.17 bits per heavy atom. The maximum Gasteiger partial charge on any atom is 0.0897 e. The SMILES string of the molecule is C[N+]1(C2CC2)C2CCCC1CC2. The van der Waals surface area contributed by atoms with Gasteiger partial charge in [-0.15, -0.1) is 0 Å². The van der Waals surface area contributed by atoms with Crippen molar-refractivity contribution in [1.29, 1.82) is 0 Å². The van der Waals surface area contributed by atoms with Crippen LogP contribution in [0.15, 0.2) is 0 Å². The van der Waals surface area contributed by atoms with Crippen molar-refractivity contribution in [3.05, 3.63) is 0 Å². The van der Waals surface area contributed by atoms with Crippen molar-refractivity contribution in [2.75, 3.05) is 7.05 Å². The van der Waals surface area contributed by atoms with Crippen LogP contribution in [0.5, 0.6) is 0 Å². The fourth-order valence-corrected chi connectivity index (χ4v) is 3.90. The van der Waals surface area contributed by atoms with Crippen molar-refractivity contribution in [3.63, 3.8) is 0 Å². The van der Waals surface area contributed by atoms with Crippen molar-refractivity contribution >= 4 is 0 Å². The number of piperidine rings is 1. The van der Waals surface area contributed by atoms with Crippen LogP contribution in [0.2, 0.25) is 0 Å². The molecule has 0 aromatic rings. The maximum absolute atomic E-state index is 2.55. The molecule has 2 unspecified atom stereocenters. The van der Waals surface area contributed by atoms with Crippen LogP contribution >= 0.6 is 0 Å². The molecule has 1 aliphatic carbocycles. The molecule has 0 amide bonds. The van der Waals surface area contributed by atoms with Gasteiger partial charge in [-0.25, -0.2) is 0 Å². The highest BCUT2D eigenvalue weighted by Crippen LogP contribution is 2.48. The molecule has 2 atom stereocenters. The van der Waals surface area contributed by atoms with Crippen LogP contribution < -0.4 is 0 Å². The smallest absolute Gasteiger partial charge is 0.0897 e. The number of fused-ring (bicyclic) bond motifs is 2. The summed E-state index contributed by atoms with van der Waals surface area (Å²) in [4.78, 5) is 0. The lowest BCUT2D eigenvalue weighted by molar-refractivity contribution is -0.958. The fraction of sp³-hybridized carbons (Fsp3) is 1.00. The zero-order valence-corrected chi connectivity index (χ0v) is 8.13. The molecule has 0 aromatic carbocycles. The van der Waals surface area contributed by atoms with Gasteiger partial charge in [0.25, 0.3) is 0 Å². The van der Waals surface area contributed by atoms with Gasteiger partial charge in [0.15, 0.2) is 0 Å². The minimum atomic E-state index is 1.07. The van der Waals surface area contributed by atoms with Gasteiger partial charge in [0.05, 0.1) is 25.2 Å². The number of quaternary nitrogens is 1. The number of hydrogen-bond acceptors (Lipinski definition) is 0. The van der Waals surface area contributed by atoms with E-state index < -0.39 is 0 Å². The third-order valence-electron chi connectivity index (χ3n) is 4.82. The first-order valence-corrected chi connectivity index (χ1v) is 5.67. The molecule has 1 saturated carbocycles. The van der Waals surface area contributed by atoms with Crippen molar-refractivity contribution in [3.8, 4) is 0 Å². The molecule has 68 valence electrons. The highest BCUT2D eigenvalue weighted by molar-refractivity contribution is 4.88. The van der Waals surface area contributed by atoms with E-state index in [1.54, 1.807) is 0 Å². The minimum absolute atomic E-state index is 1.07. The third kappa shape index (κ3) is 0.783. The van der Waals surface area contributed by atoms with E-state index in [0.717, 1.165) is 18.1 Å². The van der Waals surface area contributed by atoms with E-state index in [4.69, 9.17) is 0 Å². The van der Waals surface area contributed by atoms with Gasteiger partial charge >= 0.3 is 0 Å². The summed E-state index contributed by atoms with van der Waals surface area (Å²) < 4.78 is 1.50. The van der Waals surface area contributed by atoms with Gasteiger partial charge in [0.1, 0.15) is 0 Å². The minimum Gasteiger partial charge on any atom is -0.319 e. The summed E-state index contributed by atoms with van der Waals surface area (Å²) in [7, 11) is 2.55. The molecule has 3 fully saturated rings. The average molecular weight is 166 g/mol. The Bertz CT molecular complexity index is 179. The van der Waals surface area contributed by atoms with E-state index in [9.17, 15) is 0 Å². The lowest BCUT2D eigenvalue weighted by Crippen LogP contribution is -2.57. The van der Waals surface area contributed by atoms with Crippen LogP contribution in [-0.2, 0) is 0 Å². The van der Waals surface area contributed by atoms with E-state index in [1.165, 1.54) is 49.4 Å². The molecule has 2 saturated heterocycles. The summed E-state index contributed by atoms with van der Waals surface area (Å²) in [5.74, 6) is 0. The molecule has 3 aliphatic rings. The molecule has 3 rings (SSSR count). The quantitative estimate of drug-likeness (QED) is 0.524. The van der Waals surface area contributed by atoms with Crippen LogP contribution in [0.3, 0.4) is 0 Å². The molecule has 0 N–H and O–H groups in total. The lowest BCUT2D eigenvalue weighted by Gasteiger charge is -2.45. The molecule has 1 heteroatoms. The molecule has 2 bridgehead atoms. The maximum atomic E-state index is 2.55. The second kappa shape index (κ2) is 2.25. The monoisotopic (exact) mass is 166 g/mol.